The Balaban J connectivity index is 1.60. The molecule has 0 aliphatic rings. The van der Waals surface area contributed by atoms with Crippen LogP contribution in [0.15, 0.2) is 39.9 Å². The largest absolute Gasteiger partial charge is 0.504 e. The molecule has 0 saturated carbocycles. The van der Waals surface area contributed by atoms with E-state index >= 15 is 0 Å². The molecule has 0 bridgehead atoms. The van der Waals surface area contributed by atoms with Gasteiger partial charge < -0.3 is 15.2 Å². The molecule has 130 valence electrons. The minimum atomic E-state index is -0.242. The van der Waals surface area contributed by atoms with Crippen molar-refractivity contribution in [1.29, 1.82) is 0 Å². The molecule has 26 heavy (non-hydrogen) atoms. The summed E-state index contributed by atoms with van der Waals surface area (Å²) in [7, 11) is 0. The molecule has 0 amide bonds. The summed E-state index contributed by atoms with van der Waals surface area (Å²) in [6, 6.07) is 9.02. The highest BCUT2D eigenvalue weighted by molar-refractivity contribution is 9.10. The first-order valence-electron chi connectivity index (χ1n) is 7.64. The van der Waals surface area contributed by atoms with Crippen LogP contribution in [0.3, 0.4) is 0 Å². The van der Waals surface area contributed by atoms with Gasteiger partial charge in [-0.15, -0.1) is 10.2 Å². The zero-order valence-corrected chi connectivity index (χ0v) is 15.1. The van der Waals surface area contributed by atoms with Crippen LogP contribution in [0, 0.1) is 6.92 Å². The maximum Gasteiger partial charge on any atom is 0.265 e. The first-order chi connectivity index (χ1) is 12.5. The Hall–Kier alpha value is -3.20. The van der Waals surface area contributed by atoms with Gasteiger partial charge in [-0.3, -0.25) is 0 Å². The van der Waals surface area contributed by atoms with Gasteiger partial charge >= 0.3 is 0 Å². The molecule has 4 aromatic rings. The van der Waals surface area contributed by atoms with Crippen molar-refractivity contribution in [2.24, 2.45) is 5.10 Å². The molecule has 0 atom stereocenters. The fourth-order valence-electron chi connectivity index (χ4n) is 2.58. The fraction of sp³-hybridized carbons (Fsp3) is 0.0588. The van der Waals surface area contributed by atoms with Gasteiger partial charge in [0.05, 0.1) is 10.7 Å². The van der Waals surface area contributed by atoms with Crippen molar-refractivity contribution in [2.45, 2.75) is 6.92 Å². The van der Waals surface area contributed by atoms with E-state index in [1.54, 1.807) is 6.07 Å². The number of anilines is 1. The summed E-state index contributed by atoms with van der Waals surface area (Å²) >= 11 is 3.15. The third-order valence-electron chi connectivity index (χ3n) is 3.81. The van der Waals surface area contributed by atoms with Gasteiger partial charge in [0.15, 0.2) is 17.1 Å². The van der Waals surface area contributed by atoms with E-state index in [1.165, 1.54) is 12.3 Å². The molecular weight excluding hydrogens is 400 g/mol. The van der Waals surface area contributed by atoms with E-state index in [9.17, 15) is 10.2 Å². The third-order valence-corrected chi connectivity index (χ3v) is 4.42. The van der Waals surface area contributed by atoms with Crippen LogP contribution in [0.1, 0.15) is 11.1 Å². The van der Waals surface area contributed by atoms with Crippen molar-refractivity contribution in [3.05, 3.63) is 45.9 Å². The topological polar surface area (TPSA) is 119 Å². The van der Waals surface area contributed by atoms with Crippen molar-refractivity contribution in [3.8, 4) is 11.5 Å². The lowest BCUT2D eigenvalue weighted by molar-refractivity contribution is 0.401. The minimum Gasteiger partial charge on any atom is -0.504 e. The van der Waals surface area contributed by atoms with E-state index in [4.69, 9.17) is 0 Å². The van der Waals surface area contributed by atoms with Crippen molar-refractivity contribution in [3.63, 3.8) is 0 Å². The molecule has 2 aromatic heterocycles. The Kier molecular flexibility index (Phi) is 3.92. The average Bonchev–Trinajstić information content (AvgIpc) is 2.96. The lowest BCUT2D eigenvalue weighted by Crippen LogP contribution is -1.99. The maximum atomic E-state index is 9.60. The highest BCUT2D eigenvalue weighted by Gasteiger charge is 2.09. The molecule has 4 N–H and O–H groups in total. The molecule has 2 heterocycles. The number of rotatable bonds is 3. The molecule has 0 radical (unpaired) electrons. The molecule has 0 spiro atoms. The number of aromatic hydroxyl groups is 2. The van der Waals surface area contributed by atoms with Crippen molar-refractivity contribution >= 4 is 50.2 Å². The molecule has 0 unspecified atom stereocenters. The summed E-state index contributed by atoms with van der Waals surface area (Å²) in [6.07, 6.45) is 1.46. The highest BCUT2D eigenvalue weighted by Crippen LogP contribution is 2.33. The third kappa shape index (κ3) is 2.93. The molecule has 9 heteroatoms. The second-order valence-corrected chi connectivity index (χ2v) is 6.60. The summed E-state index contributed by atoms with van der Waals surface area (Å²) < 4.78 is 0.367. The lowest BCUT2D eigenvalue weighted by Gasteiger charge is -2.02. The molecule has 0 fully saturated rings. The number of nitrogens with one attached hydrogen (secondary N) is 2. The first-order valence-corrected chi connectivity index (χ1v) is 8.44. The van der Waals surface area contributed by atoms with Gasteiger partial charge in [-0.25, -0.2) is 5.43 Å². The van der Waals surface area contributed by atoms with Crippen LogP contribution in [0.4, 0.5) is 5.95 Å². The van der Waals surface area contributed by atoms with E-state index < -0.39 is 0 Å². The molecule has 0 aliphatic carbocycles. The van der Waals surface area contributed by atoms with Crippen LogP contribution in [0.25, 0.3) is 22.1 Å². The summed E-state index contributed by atoms with van der Waals surface area (Å²) in [6.45, 7) is 2.02. The molecule has 2 aromatic carbocycles. The predicted octanol–water partition coefficient (Wildman–Crippen LogP) is 3.43. The predicted molar refractivity (Wildman–Crippen MR) is 103 cm³/mol. The Labute approximate surface area is 155 Å². The van der Waals surface area contributed by atoms with Crippen molar-refractivity contribution < 1.29 is 10.2 Å². The number of aromatic amines is 1. The number of phenols is 2. The first kappa shape index (κ1) is 16.3. The normalized spacial score (nSPS) is 11.6. The Morgan fingerprint density at radius 3 is 2.85 bits per heavy atom. The second kappa shape index (κ2) is 6.26. The highest BCUT2D eigenvalue weighted by atomic mass is 79.9. The van der Waals surface area contributed by atoms with Crippen LogP contribution < -0.4 is 5.43 Å². The number of benzene rings is 2. The monoisotopic (exact) mass is 412 g/mol. The number of hydrogen-bond acceptors (Lipinski definition) is 7. The number of fused-ring (bicyclic) bond motifs is 3. The summed E-state index contributed by atoms with van der Waals surface area (Å²) in [5, 5.41) is 32.4. The quantitative estimate of drug-likeness (QED) is 0.232. The summed E-state index contributed by atoms with van der Waals surface area (Å²) in [5.41, 5.74) is 6.67. The van der Waals surface area contributed by atoms with Crippen LogP contribution >= 0.6 is 15.9 Å². The van der Waals surface area contributed by atoms with E-state index in [1.807, 2.05) is 25.1 Å². The molecule has 0 aliphatic heterocycles. The van der Waals surface area contributed by atoms with E-state index in [2.05, 4.69) is 46.6 Å². The molecule has 0 saturated heterocycles. The Morgan fingerprint density at radius 2 is 2.04 bits per heavy atom. The van der Waals surface area contributed by atoms with Gasteiger partial charge in [0.25, 0.3) is 5.95 Å². The SMILES string of the molecule is Cc1ccc2[nH]c3nc(N/N=C/c4cc(O)c(O)c(Br)c4)nnc3c2c1. The van der Waals surface area contributed by atoms with Crippen molar-refractivity contribution in [2.75, 3.05) is 5.43 Å². The summed E-state index contributed by atoms with van der Waals surface area (Å²) in [5.74, 6) is -0.227. The number of halogens is 1. The number of hydrazone groups is 1. The zero-order valence-electron chi connectivity index (χ0n) is 13.5. The minimum absolute atomic E-state index is 0.220. The van der Waals surface area contributed by atoms with Crippen molar-refractivity contribution in [1.82, 2.24) is 20.2 Å². The van der Waals surface area contributed by atoms with Crippen LogP contribution in [-0.4, -0.2) is 36.6 Å². The molecule has 4 rings (SSSR count). The Morgan fingerprint density at radius 1 is 1.19 bits per heavy atom. The van der Waals surface area contributed by atoms with Crippen LogP contribution in [0.5, 0.6) is 11.5 Å². The molecular formula is C17H13BrN6O2. The van der Waals surface area contributed by atoms with Crippen LogP contribution in [0.2, 0.25) is 0 Å². The van der Waals surface area contributed by atoms with E-state index in [-0.39, 0.29) is 17.4 Å². The molecule has 8 nitrogen and oxygen atoms in total. The van der Waals surface area contributed by atoms with Gasteiger partial charge in [-0.1, -0.05) is 11.6 Å². The number of nitrogens with zero attached hydrogens (tertiary/aromatic N) is 4. The van der Waals surface area contributed by atoms with Gasteiger partial charge in [0.1, 0.15) is 5.52 Å². The van der Waals surface area contributed by atoms with Gasteiger partial charge in [-0.2, -0.15) is 10.1 Å². The Bertz CT molecular complexity index is 1150. The number of phenolic OH excluding ortho intramolecular Hbond substituents is 2. The average molecular weight is 413 g/mol. The lowest BCUT2D eigenvalue weighted by atomic mass is 10.2. The number of aromatic nitrogens is 4. The van der Waals surface area contributed by atoms with Gasteiger partial charge in [0.2, 0.25) is 0 Å². The standard InChI is InChI=1S/C17H13BrN6O2/c1-8-2-3-12-10(4-8)14-16(20-12)21-17(24-22-14)23-19-7-9-5-11(18)15(26)13(25)6-9/h2-7,25-26H,1H3,(H2,20,21,23,24)/b19-7+. The number of hydrogen-bond donors (Lipinski definition) is 4. The van der Waals surface area contributed by atoms with Gasteiger partial charge in [-0.05, 0) is 52.7 Å². The zero-order chi connectivity index (χ0) is 18.3. The van der Waals surface area contributed by atoms with Crippen LogP contribution in [-0.2, 0) is 0 Å². The smallest absolute Gasteiger partial charge is 0.265 e. The van der Waals surface area contributed by atoms with E-state index in [0.29, 0.717) is 21.2 Å². The second-order valence-electron chi connectivity index (χ2n) is 5.75. The summed E-state index contributed by atoms with van der Waals surface area (Å²) in [4.78, 5) is 7.57. The number of aryl methyl sites for hydroxylation is 1. The van der Waals surface area contributed by atoms with Gasteiger partial charge in [0, 0.05) is 10.9 Å². The maximum absolute atomic E-state index is 9.60. The fourth-order valence-corrected chi connectivity index (χ4v) is 3.04. The number of H-pyrrole nitrogens is 1. The van der Waals surface area contributed by atoms with E-state index in [0.717, 1.165) is 16.5 Å².